The van der Waals surface area contributed by atoms with Crippen molar-refractivity contribution in [3.05, 3.63) is 30.3 Å². The van der Waals surface area contributed by atoms with Crippen LogP contribution in [0.1, 0.15) is 12.8 Å². The maximum atomic E-state index is 12.4. The molecular weight excluding hydrogens is 266 g/mol. The zero-order chi connectivity index (χ0) is 14.7. The molecule has 0 bridgehead atoms. The van der Waals surface area contributed by atoms with Crippen LogP contribution in [-0.2, 0) is 4.79 Å². The summed E-state index contributed by atoms with van der Waals surface area (Å²) in [5.41, 5.74) is 1.51. The molecule has 0 unspecified atom stereocenters. The quantitative estimate of drug-likeness (QED) is 0.907. The van der Waals surface area contributed by atoms with Gasteiger partial charge in [0, 0.05) is 17.4 Å². The van der Waals surface area contributed by atoms with E-state index in [1.54, 1.807) is 7.11 Å². The molecule has 1 aromatic heterocycles. The van der Waals surface area contributed by atoms with Gasteiger partial charge in [-0.25, -0.2) is 4.98 Å². The van der Waals surface area contributed by atoms with Crippen LogP contribution in [0, 0.1) is 5.92 Å². The maximum absolute atomic E-state index is 12.4. The van der Waals surface area contributed by atoms with Crippen LogP contribution in [0.25, 0.3) is 10.9 Å². The molecule has 5 heteroatoms. The van der Waals surface area contributed by atoms with Crippen molar-refractivity contribution in [2.45, 2.75) is 12.8 Å². The molecule has 1 aliphatic rings. The van der Waals surface area contributed by atoms with Crippen molar-refractivity contribution in [3.8, 4) is 5.88 Å². The molecule has 3 rings (SSSR count). The van der Waals surface area contributed by atoms with Gasteiger partial charge in [0.1, 0.15) is 0 Å². The van der Waals surface area contributed by atoms with Gasteiger partial charge < -0.3 is 15.4 Å². The summed E-state index contributed by atoms with van der Waals surface area (Å²) in [5, 5.41) is 7.28. The SMILES string of the molecule is COc1ccc2cccc(NC(=O)C3CCNCC3)c2n1. The molecule has 2 heterocycles. The highest BCUT2D eigenvalue weighted by atomic mass is 16.5. The molecule has 1 saturated heterocycles. The lowest BCUT2D eigenvalue weighted by atomic mass is 9.97. The Hall–Kier alpha value is -2.14. The van der Waals surface area contributed by atoms with Crippen LogP contribution >= 0.6 is 0 Å². The highest BCUT2D eigenvalue weighted by Crippen LogP contribution is 2.25. The first kappa shape index (κ1) is 13.8. The Balaban J connectivity index is 1.87. The third-order valence-corrected chi connectivity index (χ3v) is 3.87. The maximum Gasteiger partial charge on any atom is 0.227 e. The monoisotopic (exact) mass is 285 g/mol. The van der Waals surface area contributed by atoms with Gasteiger partial charge in [0.05, 0.1) is 18.3 Å². The number of methoxy groups -OCH3 is 1. The van der Waals surface area contributed by atoms with Crippen molar-refractivity contribution < 1.29 is 9.53 Å². The highest BCUT2D eigenvalue weighted by Gasteiger charge is 2.21. The number of amides is 1. The van der Waals surface area contributed by atoms with Crippen LogP contribution < -0.4 is 15.4 Å². The number of rotatable bonds is 3. The Morgan fingerprint density at radius 1 is 1.29 bits per heavy atom. The van der Waals surface area contributed by atoms with Gasteiger partial charge in [0.15, 0.2) is 0 Å². The van der Waals surface area contributed by atoms with Gasteiger partial charge in [0.2, 0.25) is 11.8 Å². The smallest absolute Gasteiger partial charge is 0.227 e. The van der Waals surface area contributed by atoms with Gasteiger partial charge >= 0.3 is 0 Å². The molecule has 1 aliphatic heterocycles. The molecule has 0 spiro atoms. The predicted octanol–water partition coefficient (Wildman–Crippen LogP) is 2.18. The number of ether oxygens (including phenoxy) is 1. The number of anilines is 1. The van der Waals surface area contributed by atoms with Crippen molar-refractivity contribution in [3.63, 3.8) is 0 Å². The first-order valence-electron chi connectivity index (χ1n) is 7.23. The standard InChI is InChI=1S/C16H19N3O2/c1-21-14-6-5-11-3-2-4-13(15(11)19-14)18-16(20)12-7-9-17-10-8-12/h2-6,12,17H,7-10H2,1H3,(H,18,20). The summed E-state index contributed by atoms with van der Waals surface area (Å²) in [4.78, 5) is 16.8. The predicted molar refractivity (Wildman–Crippen MR) is 82.5 cm³/mol. The first-order valence-corrected chi connectivity index (χ1v) is 7.23. The Morgan fingerprint density at radius 2 is 2.10 bits per heavy atom. The third-order valence-electron chi connectivity index (χ3n) is 3.87. The summed E-state index contributed by atoms with van der Waals surface area (Å²) in [7, 11) is 1.59. The average Bonchev–Trinajstić information content (AvgIpc) is 2.55. The van der Waals surface area contributed by atoms with Crippen LogP contribution in [0.2, 0.25) is 0 Å². The molecule has 1 amide bonds. The lowest BCUT2D eigenvalue weighted by Gasteiger charge is -2.22. The fourth-order valence-corrected chi connectivity index (χ4v) is 2.66. The highest BCUT2D eigenvalue weighted by molar-refractivity contribution is 6.01. The van der Waals surface area contributed by atoms with E-state index < -0.39 is 0 Å². The van der Waals surface area contributed by atoms with E-state index in [4.69, 9.17) is 4.74 Å². The number of piperidine rings is 1. The number of hydrogen-bond acceptors (Lipinski definition) is 4. The van der Waals surface area contributed by atoms with E-state index in [1.165, 1.54) is 0 Å². The Bertz CT molecular complexity index is 651. The number of fused-ring (bicyclic) bond motifs is 1. The topological polar surface area (TPSA) is 63.2 Å². The van der Waals surface area contributed by atoms with Gasteiger partial charge in [-0.3, -0.25) is 4.79 Å². The van der Waals surface area contributed by atoms with E-state index in [-0.39, 0.29) is 11.8 Å². The van der Waals surface area contributed by atoms with E-state index in [9.17, 15) is 4.79 Å². The first-order chi connectivity index (χ1) is 10.3. The summed E-state index contributed by atoms with van der Waals surface area (Å²) in [6.07, 6.45) is 1.76. The normalized spacial score (nSPS) is 15.9. The third kappa shape index (κ3) is 2.97. The molecule has 21 heavy (non-hydrogen) atoms. The van der Waals surface area contributed by atoms with Crippen LogP contribution in [-0.4, -0.2) is 31.1 Å². The molecule has 0 atom stereocenters. The Kier molecular flexibility index (Phi) is 4.01. The molecule has 0 radical (unpaired) electrons. The molecule has 0 saturated carbocycles. The van der Waals surface area contributed by atoms with E-state index >= 15 is 0 Å². The second kappa shape index (κ2) is 6.10. The van der Waals surface area contributed by atoms with E-state index in [0.717, 1.165) is 42.5 Å². The second-order valence-corrected chi connectivity index (χ2v) is 5.24. The number of carbonyl (C=O) groups excluding carboxylic acids is 1. The fraction of sp³-hybridized carbons (Fsp3) is 0.375. The number of para-hydroxylation sites is 1. The number of aromatic nitrogens is 1. The van der Waals surface area contributed by atoms with Crippen molar-refractivity contribution in [1.29, 1.82) is 0 Å². The summed E-state index contributed by atoms with van der Waals surface area (Å²) >= 11 is 0. The number of hydrogen-bond donors (Lipinski definition) is 2. The largest absolute Gasteiger partial charge is 0.481 e. The average molecular weight is 285 g/mol. The van der Waals surface area contributed by atoms with E-state index in [0.29, 0.717) is 5.88 Å². The second-order valence-electron chi connectivity index (χ2n) is 5.24. The zero-order valence-electron chi connectivity index (χ0n) is 12.1. The summed E-state index contributed by atoms with van der Waals surface area (Å²) in [6.45, 7) is 1.80. The summed E-state index contributed by atoms with van der Waals surface area (Å²) in [6, 6.07) is 9.55. The van der Waals surface area contributed by atoms with Gasteiger partial charge in [0.25, 0.3) is 0 Å². The van der Waals surface area contributed by atoms with Crippen molar-refractivity contribution >= 4 is 22.5 Å². The van der Waals surface area contributed by atoms with Crippen molar-refractivity contribution in [1.82, 2.24) is 10.3 Å². The summed E-state index contributed by atoms with van der Waals surface area (Å²) in [5.74, 6) is 0.701. The van der Waals surface area contributed by atoms with Crippen molar-refractivity contribution in [2.75, 3.05) is 25.5 Å². The minimum atomic E-state index is 0.0760. The number of nitrogens with one attached hydrogen (secondary N) is 2. The van der Waals surface area contributed by atoms with E-state index in [1.807, 2.05) is 30.3 Å². The molecule has 1 fully saturated rings. The number of carbonyl (C=O) groups is 1. The zero-order valence-corrected chi connectivity index (χ0v) is 12.1. The number of nitrogens with zero attached hydrogens (tertiary/aromatic N) is 1. The Labute approximate surface area is 123 Å². The van der Waals surface area contributed by atoms with Gasteiger partial charge in [-0.05, 0) is 38.1 Å². The molecule has 2 aromatic rings. The lowest BCUT2D eigenvalue weighted by Crippen LogP contribution is -2.34. The number of pyridine rings is 1. The summed E-state index contributed by atoms with van der Waals surface area (Å²) < 4.78 is 5.17. The minimum absolute atomic E-state index is 0.0760. The van der Waals surface area contributed by atoms with Crippen LogP contribution in [0.15, 0.2) is 30.3 Å². The molecule has 0 aliphatic carbocycles. The fourth-order valence-electron chi connectivity index (χ4n) is 2.66. The molecule has 1 aromatic carbocycles. The molecular formula is C16H19N3O2. The van der Waals surface area contributed by atoms with Gasteiger partial charge in [-0.1, -0.05) is 12.1 Å². The van der Waals surface area contributed by atoms with Crippen LogP contribution in [0.3, 0.4) is 0 Å². The molecule has 110 valence electrons. The molecule has 2 N–H and O–H groups in total. The Morgan fingerprint density at radius 3 is 2.86 bits per heavy atom. The number of benzene rings is 1. The van der Waals surface area contributed by atoms with Crippen LogP contribution in [0.4, 0.5) is 5.69 Å². The lowest BCUT2D eigenvalue weighted by molar-refractivity contribution is -0.120. The van der Waals surface area contributed by atoms with Gasteiger partial charge in [-0.2, -0.15) is 0 Å². The van der Waals surface area contributed by atoms with Crippen molar-refractivity contribution in [2.24, 2.45) is 5.92 Å². The minimum Gasteiger partial charge on any atom is -0.481 e. The van der Waals surface area contributed by atoms with Gasteiger partial charge in [-0.15, -0.1) is 0 Å². The van der Waals surface area contributed by atoms with E-state index in [2.05, 4.69) is 15.6 Å². The van der Waals surface area contributed by atoms with Crippen LogP contribution in [0.5, 0.6) is 5.88 Å². The molecule has 5 nitrogen and oxygen atoms in total.